The SMILES string of the molecule is Nc1nsc(-c2ccc(F)c(C(F)(F)F)c2)n1. The first kappa shape index (κ1) is 11.8. The zero-order valence-electron chi connectivity index (χ0n) is 8.12. The summed E-state index contributed by atoms with van der Waals surface area (Å²) in [5, 5.41) is 0.216. The fourth-order valence-corrected chi connectivity index (χ4v) is 1.82. The summed E-state index contributed by atoms with van der Waals surface area (Å²) in [6.45, 7) is 0. The number of aromatic nitrogens is 2. The number of alkyl halides is 3. The van der Waals surface area contributed by atoms with E-state index < -0.39 is 17.6 Å². The number of nitrogens with zero attached hydrogens (tertiary/aromatic N) is 2. The van der Waals surface area contributed by atoms with Crippen LogP contribution in [-0.2, 0) is 6.18 Å². The molecule has 1 heterocycles. The molecule has 0 radical (unpaired) electrons. The molecule has 0 unspecified atom stereocenters. The molecular formula is C9H5F4N3S. The van der Waals surface area contributed by atoms with Crippen molar-refractivity contribution in [3.63, 3.8) is 0 Å². The molecule has 0 aliphatic rings. The third-order valence-corrected chi connectivity index (χ3v) is 2.74. The highest BCUT2D eigenvalue weighted by Crippen LogP contribution is 2.34. The molecule has 0 saturated carbocycles. The van der Waals surface area contributed by atoms with Gasteiger partial charge in [0.25, 0.3) is 0 Å². The molecule has 1 aromatic heterocycles. The van der Waals surface area contributed by atoms with Crippen LogP contribution in [0.4, 0.5) is 23.5 Å². The Bertz CT molecular complexity index is 549. The quantitative estimate of drug-likeness (QED) is 0.805. The molecule has 90 valence electrons. The van der Waals surface area contributed by atoms with Gasteiger partial charge in [-0.2, -0.15) is 22.5 Å². The Morgan fingerprint density at radius 1 is 1.24 bits per heavy atom. The normalized spacial score (nSPS) is 11.8. The van der Waals surface area contributed by atoms with Gasteiger partial charge in [-0.1, -0.05) is 0 Å². The first-order chi connectivity index (χ1) is 7.88. The van der Waals surface area contributed by atoms with E-state index in [4.69, 9.17) is 5.73 Å². The summed E-state index contributed by atoms with van der Waals surface area (Å²) in [5.41, 5.74) is 4.06. The van der Waals surface area contributed by atoms with Gasteiger partial charge in [0, 0.05) is 5.56 Å². The van der Waals surface area contributed by atoms with Crippen molar-refractivity contribution in [2.75, 3.05) is 5.73 Å². The number of rotatable bonds is 1. The highest BCUT2D eigenvalue weighted by atomic mass is 32.1. The van der Waals surface area contributed by atoms with Gasteiger partial charge in [-0.3, -0.25) is 0 Å². The third kappa shape index (κ3) is 2.36. The van der Waals surface area contributed by atoms with E-state index in [2.05, 4.69) is 9.36 Å². The summed E-state index contributed by atoms with van der Waals surface area (Å²) >= 11 is 0.852. The summed E-state index contributed by atoms with van der Waals surface area (Å²) in [7, 11) is 0. The van der Waals surface area contributed by atoms with Gasteiger partial charge in [0.2, 0.25) is 5.95 Å². The van der Waals surface area contributed by atoms with E-state index in [0.29, 0.717) is 6.07 Å². The van der Waals surface area contributed by atoms with Crippen LogP contribution in [0.15, 0.2) is 18.2 Å². The van der Waals surface area contributed by atoms with E-state index >= 15 is 0 Å². The Morgan fingerprint density at radius 2 is 1.94 bits per heavy atom. The Labute approximate surface area is 97.1 Å². The van der Waals surface area contributed by atoms with Crippen LogP contribution in [0.5, 0.6) is 0 Å². The topological polar surface area (TPSA) is 51.8 Å². The van der Waals surface area contributed by atoms with Crippen molar-refractivity contribution >= 4 is 17.5 Å². The Kier molecular flexibility index (Phi) is 2.74. The molecular weight excluding hydrogens is 258 g/mol. The third-order valence-electron chi connectivity index (χ3n) is 1.96. The zero-order chi connectivity index (χ0) is 12.6. The van der Waals surface area contributed by atoms with E-state index in [1.807, 2.05) is 0 Å². The Hall–Kier alpha value is -1.70. The van der Waals surface area contributed by atoms with E-state index in [1.54, 1.807) is 0 Å². The average molecular weight is 263 g/mol. The molecule has 0 aliphatic carbocycles. The van der Waals surface area contributed by atoms with E-state index in [-0.39, 0.29) is 16.5 Å². The van der Waals surface area contributed by atoms with Gasteiger partial charge in [0.1, 0.15) is 10.8 Å². The second-order valence-electron chi connectivity index (χ2n) is 3.15. The highest BCUT2D eigenvalue weighted by molar-refractivity contribution is 7.09. The Morgan fingerprint density at radius 3 is 2.47 bits per heavy atom. The average Bonchev–Trinajstić information content (AvgIpc) is 2.64. The van der Waals surface area contributed by atoms with Crippen LogP contribution in [0.1, 0.15) is 5.56 Å². The summed E-state index contributed by atoms with van der Waals surface area (Å²) in [6.07, 6.45) is -4.74. The van der Waals surface area contributed by atoms with Crippen LogP contribution in [0.2, 0.25) is 0 Å². The van der Waals surface area contributed by atoms with Gasteiger partial charge in [-0.15, -0.1) is 0 Å². The van der Waals surface area contributed by atoms with Crippen LogP contribution in [0, 0.1) is 5.82 Å². The van der Waals surface area contributed by atoms with Crippen LogP contribution in [0.25, 0.3) is 10.6 Å². The lowest BCUT2D eigenvalue weighted by Crippen LogP contribution is -2.08. The molecule has 2 aromatic rings. The van der Waals surface area contributed by atoms with E-state index in [0.717, 1.165) is 17.6 Å². The summed E-state index contributed by atoms with van der Waals surface area (Å²) in [4.78, 5) is 3.73. The summed E-state index contributed by atoms with van der Waals surface area (Å²) in [5.74, 6) is -1.35. The molecule has 8 heteroatoms. The molecule has 0 spiro atoms. The molecule has 2 rings (SSSR count). The Balaban J connectivity index is 2.51. The number of benzene rings is 1. The predicted octanol–water partition coefficient (Wildman–Crippen LogP) is 2.95. The lowest BCUT2D eigenvalue weighted by molar-refractivity contribution is -0.139. The first-order valence-electron chi connectivity index (χ1n) is 4.34. The molecule has 0 amide bonds. The van der Waals surface area contributed by atoms with Gasteiger partial charge in [0.15, 0.2) is 0 Å². The first-order valence-corrected chi connectivity index (χ1v) is 5.11. The minimum atomic E-state index is -4.74. The van der Waals surface area contributed by atoms with Crippen LogP contribution in [-0.4, -0.2) is 9.36 Å². The van der Waals surface area contributed by atoms with Crippen LogP contribution < -0.4 is 5.73 Å². The lowest BCUT2D eigenvalue weighted by Gasteiger charge is -2.08. The molecule has 1 aromatic carbocycles. The zero-order valence-corrected chi connectivity index (χ0v) is 8.94. The van der Waals surface area contributed by atoms with Crippen molar-refractivity contribution in [1.82, 2.24) is 9.36 Å². The molecule has 0 aliphatic heterocycles. The largest absolute Gasteiger partial charge is 0.419 e. The van der Waals surface area contributed by atoms with Crippen molar-refractivity contribution in [3.8, 4) is 10.6 Å². The second kappa shape index (κ2) is 3.95. The second-order valence-corrected chi connectivity index (χ2v) is 3.90. The van der Waals surface area contributed by atoms with Gasteiger partial charge in [0.05, 0.1) is 5.56 Å². The number of halogens is 4. The molecule has 0 saturated heterocycles. The number of nitrogens with two attached hydrogens (primary N) is 1. The van der Waals surface area contributed by atoms with Crippen molar-refractivity contribution in [1.29, 1.82) is 0 Å². The van der Waals surface area contributed by atoms with Crippen molar-refractivity contribution in [3.05, 3.63) is 29.6 Å². The predicted molar refractivity (Wildman–Crippen MR) is 54.7 cm³/mol. The fraction of sp³-hybridized carbons (Fsp3) is 0.111. The van der Waals surface area contributed by atoms with Gasteiger partial charge < -0.3 is 5.73 Å². The van der Waals surface area contributed by atoms with Gasteiger partial charge >= 0.3 is 6.18 Å². The molecule has 0 fully saturated rings. The maximum atomic E-state index is 13.0. The van der Waals surface area contributed by atoms with Crippen molar-refractivity contribution in [2.45, 2.75) is 6.18 Å². The molecule has 0 bridgehead atoms. The monoisotopic (exact) mass is 263 g/mol. The van der Waals surface area contributed by atoms with E-state index in [9.17, 15) is 17.6 Å². The molecule has 0 atom stereocenters. The minimum Gasteiger partial charge on any atom is -0.367 e. The minimum absolute atomic E-state index is 0.0251. The number of anilines is 1. The fourth-order valence-electron chi connectivity index (χ4n) is 1.23. The lowest BCUT2D eigenvalue weighted by atomic mass is 10.1. The summed E-state index contributed by atoms with van der Waals surface area (Å²) in [6, 6.07) is 2.63. The standard InChI is InChI=1S/C9H5F4N3S/c10-6-2-1-4(3-5(6)9(11,12)13)7-15-8(14)16-17-7/h1-3H,(H2,14,16). The van der Waals surface area contributed by atoms with Crippen LogP contribution in [0.3, 0.4) is 0 Å². The smallest absolute Gasteiger partial charge is 0.367 e. The maximum Gasteiger partial charge on any atom is 0.419 e. The number of hydrogen-bond acceptors (Lipinski definition) is 4. The molecule has 17 heavy (non-hydrogen) atoms. The summed E-state index contributed by atoms with van der Waals surface area (Å²) < 4.78 is 54.0. The maximum absolute atomic E-state index is 13.0. The molecule has 2 N–H and O–H groups in total. The van der Waals surface area contributed by atoms with Crippen molar-refractivity contribution < 1.29 is 17.6 Å². The van der Waals surface area contributed by atoms with Crippen molar-refractivity contribution in [2.24, 2.45) is 0 Å². The van der Waals surface area contributed by atoms with Crippen LogP contribution >= 0.6 is 11.5 Å². The highest BCUT2D eigenvalue weighted by Gasteiger charge is 2.34. The number of hydrogen-bond donors (Lipinski definition) is 1. The van der Waals surface area contributed by atoms with Gasteiger partial charge in [-0.25, -0.2) is 4.39 Å². The van der Waals surface area contributed by atoms with E-state index in [1.165, 1.54) is 6.07 Å². The molecule has 3 nitrogen and oxygen atoms in total. The number of nitrogen functional groups attached to an aromatic ring is 1. The van der Waals surface area contributed by atoms with Gasteiger partial charge in [-0.05, 0) is 29.7 Å².